The van der Waals surface area contributed by atoms with Crippen LogP contribution in [0.25, 0.3) is 0 Å². The normalized spacial score (nSPS) is 10.7. The van der Waals surface area contributed by atoms with Gasteiger partial charge in [0, 0.05) is 19.3 Å². The lowest BCUT2D eigenvalue weighted by Gasteiger charge is -2.02. The molecule has 7 heteroatoms. The molecule has 1 heterocycles. The molecule has 2 N–H and O–H groups in total. The fourth-order valence-corrected chi connectivity index (χ4v) is 1.59. The highest BCUT2D eigenvalue weighted by Crippen LogP contribution is 2.17. The number of halogens is 3. The van der Waals surface area contributed by atoms with E-state index in [4.69, 9.17) is 5.73 Å². The monoisotopic (exact) mass is 269 g/mol. The molecule has 1 aromatic carbocycles. The maximum Gasteiger partial charge on any atom is 0.215 e. The zero-order valence-electron chi connectivity index (χ0n) is 9.74. The van der Waals surface area contributed by atoms with Gasteiger partial charge >= 0.3 is 0 Å². The number of hydrogen-bond acceptors (Lipinski definition) is 3. The predicted molar refractivity (Wildman–Crippen MR) is 61.0 cm³/mol. The molecule has 100 valence electrons. The summed E-state index contributed by atoms with van der Waals surface area (Å²) in [6.07, 6.45) is 2.73. The van der Waals surface area contributed by atoms with Crippen molar-refractivity contribution < 1.29 is 18.0 Å². The number of carbonyl (C=O) groups excluding carboxylic acids is 1. The summed E-state index contributed by atoms with van der Waals surface area (Å²) in [6, 6.07) is 1.58. The van der Waals surface area contributed by atoms with Gasteiger partial charge in [0.1, 0.15) is 5.69 Å². The minimum atomic E-state index is -1.67. The van der Waals surface area contributed by atoms with E-state index in [1.54, 1.807) is 4.57 Å². The molecule has 0 aliphatic rings. The smallest absolute Gasteiger partial charge is 0.215 e. The van der Waals surface area contributed by atoms with Gasteiger partial charge in [-0.3, -0.25) is 4.79 Å². The molecule has 1 aromatic heterocycles. The first kappa shape index (κ1) is 13.3. The lowest BCUT2D eigenvalue weighted by Crippen LogP contribution is -2.09. The van der Waals surface area contributed by atoms with Crippen molar-refractivity contribution in [3.8, 4) is 0 Å². The maximum atomic E-state index is 13.5. The minimum absolute atomic E-state index is 0.0571. The summed E-state index contributed by atoms with van der Waals surface area (Å²) in [7, 11) is 0. The fraction of sp³-hybridized carbons (Fsp3) is 0.167. The number of ketones is 1. The number of nitrogens with two attached hydrogens (primary N) is 1. The van der Waals surface area contributed by atoms with Crippen molar-refractivity contribution >= 4 is 5.78 Å². The van der Waals surface area contributed by atoms with Crippen LogP contribution in [-0.4, -0.2) is 21.9 Å². The van der Waals surface area contributed by atoms with Crippen LogP contribution in [0.2, 0.25) is 0 Å². The zero-order chi connectivity index (χ0) is 14.0. The average molecular weight is 269 g/mol. The summed E-state index contributed by atoms with van der Waals surface area (Å²) in [5.74, 6) is -5.35. The topological polar surface area (TPSA) is 60.9 Å². The van der Waals surface area contributed by atoms with E-state index in [0.29, 0.717) is 19.2 Å². The molecule has 0 bridgehead atoms. The summed E-state index contributed by atoms with van der Waals surface area (Å²) in [4.78, 5) is 15.7. The van der Waals surface area contributed by atoms with Crippen molar-refractivity contribution in [3.05, 3.63) is 53.4 Å². The lowest BCUT2D eigenvalue weighted by atomic mass is 10.1. The molecular weight excluding hydrogens is 259 g/mol. The van der Waals surface area contributed by atoms with Crippen molar-refractivity contribution in [2.24, 2.45) is 5.73 Å². The van der Waals surface area contributed by atoms with Crippen LogP contribution in [0, 0.1) is 17.5 Å². The largest absolute Gasteiger partial charge is 0.335 e. The molecule has 19 heavy (non-hydrogen) atoms. The summed E-state index contributed by atoms with van der Waals surface area (Å²) in [5.41, 5.74) is 4.72. The number of imidazole rings is 1. The quantitative estimate of drug-likeness (QED) is 0.675. The van der Waals surface area contributed by atoms with Crippen molar-refractivity contribution in [2.75, 3.05) is 6.54 Å². The first-order chi connectivity index (χ1) is 9.04. The Balaban J connectivity index is 2.36. The molecule has 0 saturated carbocycles. The number of rotatable bonds is 4. The van der Waals surface area contributed by atoms with Gasteiger partial charge in [-0.2, -0.15) is 0 Å². The first-order valence-electron chi connectivity index (χ1n) is 5.44. The Bertz CT molecular complexity index is 625. The average Bonchev–Trinajstić information content (AvgIpc) is 2.85. The zero-order valence-corrected chi connectivity index (χ0v) is 9.74. The van der Waals surface area contributed by atoms with Gasteiger partial charge in [0.25, 0.3) is 0 Å². The molecular formula is C12H10F3N3O. The highest BCUT2D eigenvalue weighted by molar-refractivity contribution is 6.07. The van der Waals surface area contributed by atoms with E-state index in [9.17, 15) is 18.0 Å². The van der Waals surface area contributed by atoms with Crippen molar-refractivity contribution in [1.29, 1.82) is 0 Å². The summed E-state index contributed by atoms with van der Waals surface area (Å²) in [5, 5.41) is 0. The molecule has 2 aromatic rings. The molecule has 0 amide bonds. The Kier molecular flexibility index (Phi) is 3.66. The Hall–Kier alpha value is -2.15. The Morgan fingerprint density at radius 1 is 1.26 bits per heavy atom. The van der Waals surface area contributed by atoms with Crippen LogP contribution in [0.3, 0.4) is 0 Å². The number of nitrogens with zero attached hydrogens (tertiary/aromatic N) is 2. The van der Waals surface area contributed by atoms with Crippen LogP contribution in [0.1, 0.15) is 16.1 Å². The van der Waals surface area contributed by atoms with E-state index in [1.165, 1.54) is 12.5 Å². The van der Waals surface area contributed by atoms with Gasteiger partial charge in [-0.15, -0.1) is 0 Å². The van der Waals surface area contributed by atoms with Gasteiger partial charge in [-0.1, -0.05) is 0 Å². The molecule has 2 rings (SSSR count). The fourth-order valence-electron chi connectivity index (χ4n) is 1.59. The van der Waals surface area contributed by atoms with E-state index >= 15 is 0 Å². The van der Waals surface area contributed by atoms with Crippen LogP contribution in [0.5, 0.6) is 0 Å². The minimum Gasteiger partial charge on any atom is -0.335 e. The van der Waals surface area contributed by atoms with Gasteiger partial charge in [0.05, 0.1) is 11.9 Å². The number of hydrogen-bond donors (Lipinski definition) is 1. The molecule has 0 unspecified atom stereocenters. The molecule has 0 atom stereocenters. The second-order valence-electron chi connectivity index (χ2n) is 3.84. The van der Waals surface area contributed by atoms with Crippen molar-refractivity contribution in [3.63, 3.8) is 0 Å². The molecule has 0 spiro atoms. The van der Waals surface area contributed by atoms with E-state index in [-0.39, 0.29) is 5.69 Å². The lowest BCUT2D eigenvalue weighted by molar-refractivity contribution is 0.102. The Morgan fingerprint density at radius 2 is 2.00 bits per heavy atom. The van der Waals surface area contributed by atoms with Gasteiger partial charge in [0.15, 0.2) is 17.5 Å². The van der Waals surface area contributed by atoms with Crippen LogP contribution >= 0.6 is 0 Å². The van der Waals surface area contributed by atoms with Gasteiger partial charge in [-0.05, 0) is 12.1 Å². The molecule has 0 radical (unpaired) electrons. The van der Waals surface area contributed by atoms with Crippen molar-refractivity contribution in [1.82, 2.24) is 9.55 Å². The predicted octanol–water partition coefficient (Wildman–Crippen LogP) is 1.49. The molecule has 0 saturated heterocycles. The molecule has 0 aliphatic heterocycles. The number of aromatic nitrogens is 2. The van der Waals surface area contributed by atoms with Crippen LogP contribution in [0.4, 0.5) is 13.2 Å². The SMILES string of the molecule is NCCn1cnc(C(=O)c2ccc(F)c(F)c2F)c1. The Labute approximate surface area is 106 Å². The van der Waals surface area contributed by atoms with E-state index in [2.05, 4.69) is 4.98 Å². The van der Waals surface area contributed by atoms with Crippen LogP contribution < -0.4 is 5.73 Å². The molecule has 4 nitrogen and oxygen atoms in total. The highest BCUT2D eigenvalue weighted by atomic mass is 19.2. The third-order valence-electron chi connectivity index (χ3n) is 2.53. The van der Waals surface area contributed by atoms with Gasteiger partial charge in [0.2, 0.25) is 5.78 Å². The van der Waals surface area contributed by atoms with E-state index < -0.39 is 28.8 Å². The molecule has 0 fully saturated rings. The third-order valence-corrected chi connectivity index (χ3v) is 2.53. The summed E-state index contributed by atoms with van der Waals surface area (Å²) < 4.78 is 40.8. The molecule has 0 aliphatic carbocycles. The summed E-state index contributed by atoms with van der Waals surface area (Å²) in [6.45, 7) is 0.796. The Morgan fingerprint density at radius 3 is 2.68 bits per heavy atom. The van der Waals surface area contributed by atoms with Gasteiger partial charge in [-0.25, -0.2) is 18.2 Å². The van der Waals surface area contributed by atoms with E-state index in [0.717, 1.165) is 6.07 Å². The standard InChI is InChI=1S/C12H10F3N3O/c13-8-2-1-7(10(14)11(8)15)12(19)9-5-18(4-3-16)6-17-9/h1-2,5-6H,3-4,16H2. The maximum absolute atomic E-state index is 13.5. The third kappa shape index (κ3) is 2.50. The van der Waals surface area contributed by atoms with Crippen LogP contribution in [-0.2, 0) is 6.54 Å². The van der Waals surface area contributed by atoms with E-state index in [1.807, 2.05) is 0 Å². The summed E-state index contributed by atoms with van der Waals surface area (Å²) >= 11 is 0. The second-order valence-corrected chi connectivity index (χ2v) is 3.84. The first-order valence-corrected chi connectivity index (χ1v) is 5.44. The number of benzene rings is 1. The highest BCUT2D eigenvalue weighted by Gasteiger charge is 2.21. The van der Waals surface area contributed by atoms with Crippen molar-refractivity contribution in [2.45, 2.75) is 6.54 Å². The van der Waals surface area contributed by atoms with Crippen LogP contribution in [0.15, 0.2) is 24.7 Å². The number of carbonyl (C=O) groups is 1. The second kappa shape index (κ2) is 5.23. The van der Waals surface area contributed by atoms with Gasteiger partial charge < -0.3 is 10.3 Å².